The molecule has 11 heavy (non-hydrogen) atoms. The molecule has 0 saturated carbocycles. The van der Waals surface area contributed by atoms with Crippen molar-refractivity contribution in [3.8, 4) is 0 Å². The summed E-state index contributed by atoms with van der Waals surface area (Å²) in [5.41, 5.74) is 5.47. The zero-order chi connectivity index (χ0) is 8.69. The second-order valence-electron chi connectivity index (χ2n) is 2.67. The molecule has 0 aliphatic heterocycles. The van der Waals surface area contributed by atoms with Crippen LogP contribution < -0.4 is 5.73 Å². The van der Waals surface area contributed by atoms with Crippen LogP contribution in [-0.2, 0) is 4.79 Å². The molecule has 0 saturated heterocycles. The Morgan fingerprint density at radius 2 is 2.27 bits per heavy atom. The molecule has 2 nitrogen and oxygen atoms in total. The van der Waals surface area contributed by atoms with E-state index in [0.717, 1.165) is 11.5 Å². The highest BCUT2D eigenvalue weighted by molar-refractivity contribution is 7.99. The zero-order valence-corrected chi connectivity index (χ0v) is 8.12. The number of hydrogen-bond acceptors (Lipinski definition) is 3. The lowest BCUT2D eigenvalue weighted by molar-refractivity contribution is -0.118. The topological polar surface area (TPSA) is 43.1 Å². The molecule has 0 aliphatic carbocycles. The lowest BCUT2D eigenvalue weighted by Crippen LogP contribution is -2.19. The molecule has 0 aromatic carbocycles. The van der Waals surface area contributed by atoms with E-state index in [1.165, 1.54) is 0 Å². The van der Waals surface area contributed by atoms with Gasteiger partial charge in [0.05, 0.1) is 0 Å². The van der Waals surface area contributed by atoms with Gasteiger partial charge in [-0.15, -0.1) is 0 Å². The molecule has 2 N–H and O–H groups in total. The normalized spacial score (nSPS) is 13.0. The number of Topliss-reactive ketones (excluding diaryl/α,β-unsaturated/α-hetero) is 1. The number of carbonyl (C=O) groups excluding carboxylic acids is 1. The monoisotopic (exact) mass is 175 g/mol. The van der Waals surface area contributed by atoms with Crippen molar-refractivity contribution in [2.45, 2.75) is 32.7 Å². The molecule has 66 valence electrons. The van der Waals surface area contributed by atoms with E-state index in [-0.39, 0.29) is 6.04 Å². The molecule has 1 atom stereocenters. The van der Waals surface area contributed by atoms with Crippen LogP contribution in [0.25, 0.3) is 0 Å². The Bertz CT molecular complexity index is 115. The van der Waals surface area contributed by atoms with Crippen LogP contribution >= 0.6 is 11.8 Å². The fourth-order valence-electron chi connectivity index (χ4n) is 0.792. The van der Waals surface area contributed by atoms with Crippen molar-refractivity contribution in [1.82, 2.24) is 0 Å². The average molecular weight is 175 g/mol. The van der Waals surface area contributed by atoms with E-state index in [9.17, 15) is 4.79 Å². The fraction of sp³-hybridized carbons (Fsp3) is 0.875. The smallest absolute Gasteiger partial charge is 0.135 e. The van der Waals surface area contributed by atoms with E-state index in [1.54, 1.807) is 11.8 Å². The van der Waals surface area contributed by atoms with Gasteiger partial charge in [0.15, 0.2) is 0 Å². The van der Waals surface area contributed by atoms with Gasteiger partial charge in [-0.1, -0.05) is 6.92 Å². The number of ketones is 1. The predicted octanol–water partition coefficient (Wildman–Crippen LogP) is 1.44. The van der Waals surface area contributed by atoms with Gasteiger partial charge in [0.2, 0.25) is 0 Å². The standard InChI is InChI=1S/C8H17NOS/c1-3-11-5-4-8(10)6-7(2)9/h7H,3-6,9H2,1-2H3. The highest BCUT2D eigenvalue weighted by Crippen LogP contribution is 2.03. The minimum absolute atomic E-state index is 0.0223. The number of hydrogen-bond donors (Lipinski definition) is 1. The van der Waals surface area contributed by atoms with Gasteiger partial charge in [-0.2, -0.15) is 11.8 Å². The number of carbonyl (C=O) groups is 1. The summed E-state index contributed by atoms with van der Waals surface area (Å²) in [6.07, 6.45) is 1.21. The molecule has 0 rings (SSSR count). The summed E-state index contributed by atoms with van der Waals surface area (Å²) in [4.78, 5) is 11.0. The summed E-state index contributed by atoms with van der Waals surface area (Å²) in [6, 6.07) is 0.0223. The van der Waals surface area contributed by atoms with Crippen molar-refractivity contribution >= 4 is 17.5 Å². The van der Waals surface area contributed by atoms with Gasteiger partial charge >= 0.3 is 0 Å². The van der Waals surface area contributed by atoms with E-state index in [2.05, 4.69) is 6.92 Å². The maximum absolute atomic E-state index is 11.0. The van der Waals surface area contributed by atoms with Crippen molar-refractivity contribution in [3.63, 3.8) is 0 Å². The molecule has 0 aromatic heterocycles. The van der Waals surface area contributed by atoms with E-state index in [1.807, 2.05) is 6.92 Å². The molecule has 3 heteroatoms. The van der Waals surface area contributed by atoms with Crippen molar-refractivity contribution in [2.24, 2.45) is 5.73 Å². The van der Waals surface area contributed by atoms with Gasteiger partial charge in [0.1, 0.15) is 5.78 Å². The Hall–Kier alpha value is -0.0200. The van der Waals surface area contributed by atoms with E-state index >= 15 is 0 Å². The highest BCUT2D eigenvalue weighted by atomic mass is 32.2. The minimum Gasteiger partial charge on any atom is -0.328 e. The number of rotatable bonds is 6. The third-order valence-corrected chi connectivity index (χ3v) is 2.18. The predicted molar refractivity (Wildman–Crippen MR) is 50.9 cm³/mol. The van der Waals surface area contributed by atoms with Crippen LogP contribution in [-0.4, -0.2) is 23.3 Å². The van der Waals surface area contributed by atoms with Gasteiger partial charge in [-0.3, -0.25) is 4.79 Å². The molecule has 0 fully saturated rings. The van der Waals surface area contributed by atoms with Crippen LogP contribution in [0.4, 0.5) is 0 Å². The Labute approximate surface area is 72.9 Å². The van der Waals surface area contributed by atoms with Crippen molar-refractivity contribution in [2.75, 3.05) is 11.5 Å². The second-order valence-corrected chi connectivity index (χ2v) is 4.06. The molecule has 1 unspecified atom stereocenters. The van der Waals surface area contributed by atoms with E-state index in [0.29, 0.717) is 18.6 Å². The number of nitrogens with two attached hydrogens (primary N) is 1. The number of thioether (sulfide) groups is 1. The second kappa shape index (κ2) is 6.68. The maximum Gasteiger partial charge on any atom is 0.135 e. The summed E-state index contributed by atoms with van der Waals surface area (Å²) >= 11 is 1.80. The first-order valence-corrected chi connectivity index (χ1v) is 5.17. The Kier molecular flexibility index (Phi) is 6.66. The average Bonchev–Trinajstić information content (AvgIpc) is 1.86. The van der Waals surface area contributed by atoms with Crippen LogP contribution in [0.2, 0.25) is 0 Å². The van der Waals surface area contributed by atoms with E-state index in [4.69, 9.17) is 5.73 Å². The molecule has 0 radical (unpaired) electrons. The third-order valence-electron chi connectivity index (χ3n) is 1.28. The first-order chi connectivity index (χ1) is 5.16. The molecule has 0 heterocycles. The van der Waals surface area contributed by atoms with Crippen LogP contribution in [0.15, 0.2) is 0 Å². The third kappa shape index (κ3) is 7.88. The van der Waals surface area contributed by atoms with Gasteiger partial charge in [-0.05, 0) is 12.7 Å². The summed E-state index contributed by atoms with van der Waals surface area (Å²) in [7, 11) is 0. The maximum atomic E-state index is 11.0. The van der Waals surface area contributed by atoms with E-state index < -0.39 is 0 Å². The molecule has 0 amide bonds. The Morgan fingerprint density at radius 1 is 1.64 bits per heavy atom. The molecule has 0 spiro atoms. The van der Waals surface area contributed by atoms with Gasteiger partial charge in [0.25, 0.3) is 0 Å². The molecular formula is C8H17NOS. The van der Waals surface area contributed by atoms with Crippen molar-refractivity contribution in [1.29, 1.82) is 0 Å². The summed E-state index contributed by atoms with van der Waals surface area (Å²) in [5.74, 6) is 2.33. The molecule has 0 aromatic rings. The molecule has 0 aliphatic rings. The SMILES string of the molecule is CCSCCC(=O)CC(C)N. The van der Waals surface area contributed by atoms with Crippen molar-refractivity contribution in [3.05, 3.63) is 0 Å². The largest absolute Gasteiger partial charge is 0.328 e. The van der Waals surface area contributed by atoms with Crippen LogP contribution in [0.1, 0.15) is 26.7 Å². The first-order valence-electron chi connectivity index (χ1n) is 4.01. The highest BCUT2D eigenvalue weighted by Gasteiger charge is 2.03. The van der Waals surface area contributed by atoms with Crippen LogP contribution in [0, 0.1) is 0 Å². The fourth-order valence-corrected chi connectivity index (χ4v) is 1.45. The lowest BCUT2D eigenvalue weighted by Gasteiger charge is -2.02. The summed E-state index contributed by atoms with van der Waals surface area (Å²) in [5, 5.41) is 0. The Balaban J connectivity index is 3.23. The summed E-state index contributed by atoms with van der Waals surface area (Å²) in [6.45, 7) is 3.96. The summed E-state index contributed by atoms with van der Waals surface area (Å²) < 4.78 is 0. The first kappa shape index (κ1) is 11.0. The van der Waals surface area contributed by atoms with Gasteiger partial charge in [-0.25, -0.2) is 0 Å². The lowest BCUT2D eigenvalue weighted by atomic mass is 10.1. The minimum atomic E-state index is 0.0223. The van der Waals surface area contributed by atoms with Gasteiger partial charge in [0, 0.05) is 24.6 Å². The van der Waals surface area contributed by atoms with Crippen LogP contribution in [0.5, 0.6) is 0 Å². The zero-order valence-electron chi connectivity index (χ0n) is 7.30. The van der Waals surface area contributed by atoms with Crippen molar-refractivity contribution < 1.29 is 4.79 Å². The quantitative estimate of drug-likeness (QED) is 0.621. The van der Waals surface area contributed by atoms with Crippen LogP contribution in [0.3, 0.4) is 0 Å². The molecular weight excluding hydrogens is 158 g/mol. The van der Waals surface area contributed by atoms with Gasteiger partial charge < -0.3 is 5.73 Å². The Morgan fingerprint density at radius 3 is 2.73 bits per heavy atom. The molecule has 0 bridgehead atoms.